The molecule has 0 N–H and O–H groups in total. The van der Waals surface area contributed by atoms with Crippen LogP contribution in [0.15, 0.2) is 18.2 Å². The molecule has 1 rings (SSSR count). The zero-order chi connectivity index (χ0) is 17.6. The fourth-order valence-electron chi connectivity index (χ4n) is 2.93. The Morgan fingerprint density at radius 2 is 1.87 bits per heavy atom. The summed E-state index contributed by atoms with van der Waals surface area (Å²) < 4.78 is 13.8. The molecule has 0 saturated carbocycles. The molecule has 0 saturated heterocycles. The lowest BCUT2D eigenvalue weighted by molar-refractivity contribution is -0.120. The minimum atomic E-state index is -0.192. The quantitative estimate of drug-likeness (QED) is 0.627. The Morgan fingerprint density at radius 1 is 1.22 bits per heavy atom. The first-order chi connectivity index (χ1) is 10.7. The Bertz CT molecular complexity index is 519. The zero-order valence-corrected chi connectivity index (χ0v) is 15.6. The molecule has 0 aliphatic carbocycles. The van der Waals surface area contributed by atoms with Crippen molar-refractivity contribution in [2.24, 2.45) is 5.41 Å². The van der Waals surface area contributed by atoms with Crippen LogP contribution in [0.2, 0.25) is 0 Å². The third kappa shape index (κ3) is 5.63. The molecule has 1 unspecified atom stereocenters. The van der Waals surface area contributed by atoms with Crippen molar-refractivity contribution in [3.05, 3.63) is 29.6 Å². The number of hydrogen-bond donors (Lipinski definition) is 0. The summed E-state index contributed by atoms with van der Waals surface area (Å²) in [5.74, 6) is -0.0607. The van der Waals surface area contributed by atoms with Gasteiger partial charge in [-0.15, -0.1) is 0 Å². The summed E-state index contributed by atoms with van der Waals surface area (Å²) in [5.41, 5.74) is 1.44. The smallest absolute Gasteiger partial charge is 0.227 e. The number of rotatable bonds is 7. The SMILES string of the molecule is CCCC(CC)N(C(=O)CC(C)(C)C)c1ccc(F)c(CC)c1. The number of aryl methyl sites for hydroxylation is 1. The molecule has 1 atom stereocenters. The summed E-state index contributed by atoms with van der Waals surface area (Å²) in [4.78, 5) is 14.9. The first-order valence-electron chi connectivity index (χ1n) is 8.84. The summed E-state index contributed by atoms with van der Waals surface area (Å²) in [5, 5.41) is 0. The van der Waals surface area contributed by atoms with Gasteiger partial charge >= 0.3 is 0 Å². The van der Waals surface area contributed by atoms with Gasteiger partial charge in [0.25, 0.3) is 0 Å². The zero-order valence-electron chi connectivity index (χ0n) is 15.6. The summed E-state index contributed by atoms with van der Waals surface area (Å²) in [6.07, 6.45) is 4.02. The number of nitrogens with zero attached hydrogens (tertiary/aromatic N) is 1. The molecule has 0 aliphatic heterocycles. The molecule has 0 heterocycles. The van der Waals surface area contributed by atoms with E-state index in [1.54, 1.807) is 6.07 Å². The maximum absolute atomic E-state index is 13.8. The van der Waals surface area contributed by atoms with Crippen LogP contribution in [0.5, 0.6) is 0 Å². The number of benzene rings is 1. The van der Waals surface area contributed by atoms with Gasteiger partial charge in [-0.3, -0.25) is 4.79 Å². The van der Waals surface area contributed by atoms with E-state index in [-0.39, 0.29) is 23.2 Å². The topological polar surface area (TPSA) is 20.3 Å². The molecule has 3 heteroatoms. The van der Waals surface area contributed by atoms with Crippen LogP contribution in [0.25, 0.3) is 0 Å². The highest BCUT2D eigenvalue weighted by Crippen LogP contribution is 2.28. The van der Waals surface area contributed by atoms with Gasteiger partial charge in [0.15, 0.2) is 0 Å². The van der Waals surface area contributed by atoms with E-state index in [0.717, 1.165) is 24.9 Å². The first kappa shape index (κ1) is 19.7. The number of amides is 1. The lowest BCUT2D eigenvalue weighted by Crippen LogP contribution is -2.41. The number of carbonyl (C=O) groups is 1. The number of carbonyl (C=O) groups excluding carboxylic acids is 1. The van der Waals surface area contributed by atoms with Crippen LogP contribution < -0.4 is 4.90 Å². The monoisotopic (exact) mass is 321 g/mol. The van der Waals surface area contributed by atoms with E-state index >= 15 is 0 Å². The molecule has 0 aromatic heterocycles. The largest absolute Gasteiger partial charge is 0.309 e. The number of halogens is 1. The minimum absolute atomic E-state index is 0.0620. The van der Waals surface area contributed by atoms with Gasteiger partial charge < -0.3 is 4.90 Å². The van der Waals surface area contributed by atoms with Gasteiger partial charge in [0, 0.05) is 18.2 Å². The molecule has 0 spiro atoms. The molecule has 130 valence electrons. The fourth-order valence-corrected chi connectivity index (χ4v) is 2.93. The molecule has 0 radical (unpaired) electrons. The van der Waals surface area contributed by atoms with Gasteiger partial charge in [-0.05, 0) is 48.4 Å². The Kier molecular flexibility index (Phi) is 7.24. The van der Waals surface area contributed by atoms with E-state index < -0.39 is 0 Å². The second-order valence-electron chi connectivity index (χ2n) is 7.48. The number of anilines is 1. The molecule has 1 aromatic rings. The van der Waals surface area contributed by atoms with Gasteiger partial charge in [-0.25, -0.2) is 4.39 Å². The third-order valence-electron chi connectivity index (χ3n) is 4.10. The Labute approximate surface area is 141 Å². The second kappa shape index (κ2) is 8.47. The summed E-state index contributed by atoms with van der Waals surface area (Å²) in [6, 6.07) is 5.25. The van der Waals surface area contributed by atoms with Gasteiger partial charge in [-0.1, -0.05) is 48.0 Å². The lowest BCUT2D eigenvalue weighted by Gasteiger charge is -2.34. The molecule has 2 nitrogen and oxygen atoms in total. The van der Waals surface area contributed by atoms with Crippen molar-refractivity contribution in [1.29, 1.82) is 0 Å². The highest BCUT2D eigenvalue weighted by atomic mass is 19.1. The van der Waals surface area contributed by atoms with Crippen molar-refractivity contribution >= 4 is 11.6 Å². The summed E-state index contributed by atoms with van der Waals surface area (Å²) in [6.45, 7) is 12.4. The van der Waals surface area contributed by atoms with E-state index in [4.69, 9.17) is 0 Å². The van der Waals surface area contributed by atoms with E-state index in [9.17, 15) is 9.18 Å². The number of hydrogen-bond acceptors (Lipinski definition) is 1. The van der Waals surface area contributed by atoms with Crippen LogP contribution in [-0.4, -0.2) is 11.9 Å². The fraction of sp³-hybridized carbons (Fsp3) is 0.650. The Morgan fingerprint density at radius 3 is 2.35 bits per heavy atom. The molecule has 1 aromatic carbocycles. The molecular weight excluding hydrogens is 289 g/mol. The van der Waals surface area contributed by atoms with Crippen LogP contribution in [-0.2, 0) is 11.2 Å². The van der Waals surface area contributed by atoms with E-state index in [2.05, 4.69) is 34.6 Å². The van der Waals surface area contributed by atoms with E-state index in [1.165, 1.54) is 6.07 Å². The van der Waals surface area contributed by atoms with Gasteiger partial charge in [0.05, 0.1) is 0 Å². The average Bonchev–Trinajstić information content (AvgIpc) is 2.46. The summed E-state index contributed by atoms with van der Waals surface area (Å²) in [7, 11) is 0. The van der Waals surface area contributed by atoms with Crippen LogP contribution in [0.4, 0.5) is 10.1 Å². The highest BCUT2D eigenvalue weighted by molar-refractivity contribution is 5.94. The van der Waals surface area contributed by atoms with Crippen molar-refractivity contribution in [1.82, 2.24) is 0 Å². The van der Waals surface area contributed by atoms with Crippen molar-refractivity contribution < 1.29 is 9.18 Å². The van der Waals surface area contributed by atoms with Crippen molar-refractivity contribution in [2.75, 3.05) is 4.90 Å². The Hall–Kier alpha value is -1.38. The molecule has 0 aliphatic rings. The molecular formula is C20H32FNO. The van der Waals surface area contributed by atoms with Gasteiger partial charge in [0.2, 0.25) is 5.91 Å². The predicted molar refractivity (Wildman–Crippen MR) is 96.3 cm³/mol. The maximum Gasteiger partial charge on any atom is 0.227 e. The average molecular weight is 321 g/mol. The second-order valence-corrected chi connectivity index (χ2v) is 7.48. The van der Waals surface area contributed by atoms with Crippen LogP contribution in [0.1, 0.15) is 72.8 Å². The van der Waals surface area contributed by atoms with E-state index in [0.29, 0.717) is 18.4 Å². The maximum atomic E-state index is 13.8. The van der Waals surface area contributed by atoms with Crippen molar-refractivity contribution in [3.8, 4) is 0 Å². The van der Waals surface area contributed by atoms with Crippen molar-refractivity contribution in [3.63, 3.8) is 0 Å². The van der Waals surface area contributed by atoms with Crippen LogP contribution in [0, 0.1) is 11.2 Å². The molecule has 1 amide bonds. The third-order valence-corrected chi connectivity index (χ3v) is 4.10. The van der Waals surface area contributed by atoms with E-state index in [1.807, 2.05) is 17.9 Å². The minimum Gasteiger partial charge on any atom is -0.309 e. The normalized spacial score (nSPS) is 13.0. The van der Waals surface area contributed by atoms with Gasteiger partial charge in [-0.2, -0.15) is 0 Å². The van der Waals surface area contributed by atoms with Crippen LogP contribution >= 0.6 is 0 Å². The predicted octanol–water partition coefficient (Wildman–Crippen LogP) is 5.74. The van der Waals surface area contributed by atoms with Crippen molar-refractivity contribution in [2.45, 2.75) is 79.7 Å². The molecule has 0 bridgehead atoms. The highest BCUT2D eigenvalue weighted by Gasteiger charge is 2.27. The Balaban J connectivity index is 3.25. The standard InChI is InChI=1S/C20H32FNO/c1-7-10-16(9-3)22(19(23)14-20(4,5)6)17-11-12-18(21)15(8-2)13-17/h11-13,16H,7-10,14H2,1-6H3. The van der Waals surface area contributed by atoms with Gasteiger partial charge in [0.1, 0.15) is 5.82 Å². The van der Waals surface area contributed by atoms with Crippen LogP contribution in [0.3, 0.4) is 0 Å². The first-order valence-corrected chi connectivity index (χ1v) is 8.84. The summed E-state index contributed by atoms with van der Waals surface area (Å²) >= 11 is 0. The lowest BCUT2D eigenvalue weighted by atomic mass is 9.90. The molecule has 23 heavy (non-hydrogen) atoms. The molecule has 0 fully saturated rings.